The Morgan fingerprint density at radius 2 is 1.92 bits per heavy atom. The molecule has 0 saturated heterocycles. The second-order valence-corrected chi connectivity index (χ2v) is 3.33. The molecule has 13 heavy (non-hydrogen) atoms. The SMILES string of the molecule is C[C@H]1C=CC[C@@H](C(=O)O)[C@H]1C(=O)O. The van der Waals surface area contributed by atoms with Crippen LogP contribution >= 0.6 is 0 Å². The van der Waals surface area contributed by atoms with Gasteiger partial charge < -0.3 is 10.2 Å². The van der Waals surface area contributed by atoms with E-state index in [0.29, 0.717) is 6.42 Å². The van der Waals surface area contributed by atoms with E-state index in [1.54, 1.807) is 19.1 Å². The van der Waals surface area contributed by atoms with Gasteiger partial charge in [-0.15, -0.1) is 0 Å². The Balaban J connectivity index is 2.89. The van der Waals surface area contributed by atoms with Crippen LogP contribution in [0.25, 0.3) is 0 Å². The number of carboxylic acids is 2. The van der Waals surface area contributed by atoms with Crippen molar-refractivity contribution in [2.45, 2.75) is 13.3 Å². The summed E-state index contributed by atoms with van der Waals surface area (Å²) >= 11 is 0. The van der Waals surface area contributed by atoms with E-state index in [9.17, 15) is 9.59 Å². The predicted molar refractivity (Wildman–Crippen MR) is 45.2 cm³/mol. The summed E-state index contributed by atoms with van der Waals surface area (Å²) in [6, 6.07) is 0. The molecule has 0 aromatic heterocycles. The first kappa shape index (κ1) is 9.77. The molecule has 0 unspecified atom stereocenters. The van der Waals surface area contributed by atoms with Crippen molar-refractivity contribution in [3.63, 3.8) is 0 Å². The van der Waals surface area contributed by atoms with Crippen LogP contribution in [0.5, 0.6) is 0 Å². The van der Waals surface area contributed by atoms with Crippen LogP contribution in [-0.4, -0.2) is 22.2 Å². The maximum absolute atomic E-state index is 10.8. The van der Waals surface area contributed by atoms with Crippen LogP contribution in [0.4, 0.5) is 0 Å². The molecule has 3 atom stereocenters. The number of hydrogen-bond donors (Lipinski definition) is 2. The van der Waals surface area contributed by atoms with Crippen molar-refractivity contribution in [3.05, 3.63) is 12.2 Å². The van der Waals surface area contributed by atoms with Gasteiger partial charge in [0.25, 0.3) is 0 Å². The minimum absolute atomic E-state index is 0.202. The number of carboxylic acid groups (broad SMARTS) is 2. The van der Waals surface area contributed by atoms with Gasteiger partial charge in [-0.3, -0.25) is 9.59 Å². The fraction of sp³-hybridized carbons (Fsp3) is 0.556. The van der Waals surface area contributed by atoms with Gasteiger partial charge in [0.15, 0.2) is 0 Å². The quantitative estimate of drug-likeness (QED) is 0.627. The van der Waals surface area contributed by atoms with Gasteiger partial charge in [0.05, 0.1) is 11.8 Å². The van der Waals surface area contributed by atoms with Crippen molar-refractivity contribution >= 4 is 11.9 Å². The maximum atomic E-state index is 10.8. The van der Waals surface area contributed by atoms with Crippen LogP contribution in [0.2, 0.25) is 0 Å². The second-order valence-electron chi connectivity index (χ2n) is 3.33. The number of hydrogen-bond acceptors (Lipinski definition) is 2. The monoisotopic (exact) mass is 184 g/mol. The zero-order valence-electron chi connectivity index (χ0n) is 7.30. The summed E-state index contributed by atoms with van der Waals surface area (Å²) in [7, 11) is 0. The average Bonchev–Trinajstić information content (AvgIpc) is 2.02. The molecular formula is C9H12O4. The lowest BCUT2D eigenvalue weighted by molar-refractivity contribution is -0.155. The standard InChI is InChI=1S/C9H12O4/c1-5-3-2-4-6(8(10)11)7(5)9(12)13/h2-3,5-7H,4H2,1H3,(H,10,11)(H,12,13)/t5-,6+,7-/m0/s1. The minimum Gasteiger partial charge on any atom is -0.481 e. The summed E-state index contributed by atoms with van der Waals surface area (Å²) in [4.78, 5) is 21.5. The van der Waals surface area contributed by atoms with E-state index in [4.69, 9.17) is 10.2 Å². The van der Waals surface area contributed by atoms with E-state index >= 15 is 0 Å². The summed E-state index contributed by atoms with van der Waals surface area (Å²) in [6.45, 7) is 1.73. The Morgan fingerprint density at radius 1 is 1.31 bits per heavy atom. The zero-order valence-corrected chi connectivity index (χ0v) is 7.30. The molecule has 0 amide bonds. The molecule has 0 radical (unpaired) electrons. The molecular weight excluding hydrogens is 172 g/mol. The Bertz CT molecular complexity index is 256. The molecule has 0 aromatic rings. The van der Waals surface area contributed by atoms with Crippen molar-refractivity contribution in [1.29, 1.82) is 0 Å². The van der Waals surface area contributed by atoms with Crippen LogP contribution in [-0.2, 0) is 9.59 Å². The molecule has 4 nitrogen and oxygen atoms in total. The topological polar surface area (TPSA) is 74.6 Å². The van der Waals surface area contributed by atoms with Crippen molar-refractivity contribution in [1.82, 2.24) is 0 Å². The van der Waals surface area contributed by atoms with Gasteiger partial charge in [-0.2, -0.15) is 0 Å². The first-order valence-electron chi connectivity index (χ1n) is 4.16. The van der Waals surface area contributed by atoms with Gasteiger partial charge in [0.2, 0.25) is 0 Å². The molecule has 0 saturated carbocycles. The zero-order chi connectivity index (χ0) is 10.0. The molecule has 4 heteroatoms. The number of carbonyl (C=O) groups is 2. The van der Waals surface area contributed by atoms with E-state index in [0.717, 1.165) is 0 Å². The van der Waals surface area contributed by atoms with Crippen LogP contribution in [0.1, 0.15) is 13.3 Å². The average molecular weight is 184 g/mol. The first-order valence-corrected chi connectivity index (χ1v) is 4.16. The molecule has 0 fully saturated rings. The fourth-order valence-electron chi connectivity index (χ4n) is 1.72. The fourth-order valence-corrected chi connectivity index (χ4v) is 1.72. The van der Waals surface area contributed by atoms with Gasteiger partial charge in [-0.25, -0.2) is 0 Å². The molecule has 1 rings (SSSR count). The van der Waals surface area contributed by atoms with Crippen molar-refractivity contribution in [3.8, 4) is 0 Å². The van der Waals surface area contributed by atoms with E-state index in [1.165, 1.54) is 0 Å². The van der Waals surface area contributed by atoms with E-state index in [1.807, 2.05) is 0 Å². The summed E-state index contributed by atoms with van der Waals surface area (Å²) in [5.41, 5.74) is 0. The molecule has 1 aliphatic rings. The Hall–Kier alpha value is -1.32. The molecule has 0 aliphatic heterocycles. The third kappa shape index (κ3) is 1.88. The largest absolute Gasteiger partial charge is 0.481 e. The maximum Gasteiger partial charge on any atom is 0.307 e. The van der Waals surface area contributed by atoms with Gasteiger partial charge >= 0.3 is 11.9 Å². The lowest BCUT2D eigenvalue weighted by Crippen LogP contribution is -2.35. The highest BCUT2D eigenvalue weighted by Crippen LogP contribution is 2.30. The van der Waals surface area contributed by atoms with Crippen LogP contribution in [0, 0.1) is 17.8 Å². The third-order valence-corrected chi connectivity index (χ3v) is 2.43. The Labute approximate surface area is 75.9 Å². The Morgan fingerprint density at radius 3 is 2.31 bits per heavy atom. The summed E-state index contributed by atoms with van der Waals surface area (Å²) < 4.78 is 0. The highest BCUT2D eigenvalue weighted by atomic mass is 16.4. The van der Waals surface area contributed by atoms with Crippen molar-refractivity contribution in [2.75, 3.05) is 0 Å². The minimum atomic E-state index is -1.02. The lowest BCUT2D eigenvalue weighted by atomic mass is 9.77. The normalized spacial score (nSPS) is 32.8. The van der Waals surface area contributed by atoms with Crippen LogP contribution < -0.4 is 0 Å². The van der Waals surface area contributed by atoms with Crippen molar-refractivity contribution in [2.24, 2.45) is 17.8 Å². The molecule has 0 heterocycles. The molecule has 72 valence electrons. The van der Waals surface area contributed by atoms with Crippen molar-refractivity contribution < 1.29 is 19.8 Å². The highest BCUT2D eigenvalue weighted by molar-refractivity contribution is 5.81. The smallest absolute Gasteiger partial charge is 0.307 e. The summed E-state index contributed by atoms with van der Waals surface area (Å²) in [6.07, 6.45) is 3.82. The second kappa shape index (κ2) is 3.60. The van der Waals surface area contributed by atoms with Gasteiger partial charge in [0, 0.05) is 0 Å². The van der Waals surface area contributed by atoms with E-state index in [-0.39, 0.29) is 5.92 Å². The van der Waals surface area contributed by atoms with E-state index in [2.05, 4.69) is 0 Å². The van der Waals surface area contributed by atoms with Gasteiger partial charge in [-0.05, 0) is 12.3 Å². The van der Waals surface area contributed by atoms with Gasteiger partial charge in [0.1, 0.15) is 0 Å². The third-order valence-electron chi connectivity index (χ3n) is 2.43. The molecule has 1 aliphatic carbocycles. The number of aliphatic carboxylic acids is 2. The number of rotatable bonds is 2. The van der Waals surface area contributed by atoms with E-state index < -0.39 is 23.8 Å². The first-order chi connectivity index (χ1) is 6.04. The Kier molecular flexibility index (Phi) is 2.70. The van der Waals surface area contributed by atoms with Crippen LogP contribution in [0.15, 0.2) is 12.2 Å². The lowest BCUT2D eigenvalue weighted by Gasteiger charge is -2.26. The summed E-state index contributed by atoms with van der Waals surface area (Å²) in [5, 5.41) is 17.6. The molecule has 0 spiro atoms. The number of allylic oxidation sites excluding steroid dienone is 2. The summed E-state index contributed by atoms with van der Waals surface area (Å²) in [5.74, 6) is -3.82. The highest BCUT2D eigenvalue weighted by Gasteiger charge is 2.37. The molecule has 0 bridgehead atoms. The van der Waals surface area contributed by atoms with Crippen LogP contribution in [0.3, 0.4) is 0 Å². The molecule has 2 N–H and O–H groups in total. The molecule has 0 aromatic carbocycles. The van der Waals surface area contributed by atoms with Gasteiger partial charge in [-0.1, -0.05) is 19.1 Å². The predicted octanol–water partition coefficient (Wildman–Crippen LogP) is 0.984.